The molecule has 132 valence electrons. The lowest BCUT2D eigenvalue weighted by Gasteiger charge is -2.36. The fourth-order valence-corrected chi connectivity index (χ4v) is 5.18. The van der Waals surface area contributed by atoms with E-state index in [0.29, 0.717) is 26.2 Å². The lowest BCUT2D eigenvalue weighted by molar-refractivity contribution is -0.137. The fourth-order valence-electron chi connectivity index (χ4n) is 3.26. The molecule has 2 fully saturated rings. The number of hydrogen-bond donors (Lipinski definition) is 1. The SMILES string of the molecule is O=C(C1CCCNC1)N1CCN(S(=O)(=O)c2ccccc2Cl)CC1. The summed E-state index contributed by atoms with van der Waals surface area (Å²) in [5.74, 6) is 0.155. The first-order valence-corrected chi connectivity index (χ1v) is 10.1. The van der Waals surface area contributed by atoms with E-state index in [1.807, 2.05) is 0 Å². The molecule has 24 heavy (non-hydrogen) atoms. The Morgan fingerprint density at radius 1 is 1.17 bits per heavy atom. The van der Waals surface area contributed by atoms with Crippen molar-refractivity contribution >= 4 is 27.5 Å². The van der Waals surface area contributed by atoms with E-state index < -0.39 is 10.0 Å². The minimum atomic E-state index is -3.62. The molecule has 0 spiro atoms. The number of benzene rings is 1. The van der Waals surface area contributed by atoms with Gasteiger partial charge in [-0.1, -0.05) is 23.7 Å². The predicted octanol–water partition coefficient (Wildman–Crippen LogP) is 1.17. The Morgan fingerprint density at radius 2 is 1.88 bits per heavy atom. The quantitative estimate of drug-likeness (QED) is 0.866. The second-order valence-corrected chi connectivity index (χ2v) is 8.52. The van der Waals surface area contributed by atoms with E-state index in [-0.39, 0.29) is 21.7 Å². The molecule has 2 heterocycles. The van der Waals surface area contributed by atoms with Crippen LogP contribution in [-0.2, 0) is 14.8 Å². The molecule has 6 nitrogen and oxygen atoms in total. The molecule has 2 aliphatic rings. The number of nitrogens with one attached hydrogen (secondary N) is 1. The van der Waals surface area contributed by atoms with E-state index in [2.05, 4.69) is 5.32 Å². The zero-order valence-electron chi connectivity index (χ0n) is 13.4. The zero-order chi connectivity index (χ0) is 17.2. The van der Waals surface area contributed by atoms with E-state index in [4.69, 9.17) is 11.6 Å². The van der Waals surface area contributed by atoms with Crippen LogP contribution < -0.4 is 5.32 Å². The standard InChI is InChI=1S/C16H22ClN3O3S/c17-14-5-1-2-6-15(14)24(22,23)20-10-8-19(9-11-20)16(21)13-4-3-7-18-12-13/h1-2,5-6,13,18H,3-4,7-12H2. The van der Waals surface area contributed by atoms with Gasteiger partial charge in [-0.2, -0.15) is 4.31 Å². The fraction of sp³-hybridized carbons (Fsp3) is 0.562. The van der Waals surface area contributed by atoms with Crippen molar-refractivity contribution in [2.75, 3.05) is 39.3 Å². The Bertz CT molecular complexity index is 696. The van der Waals surface area contributed by atoms with Crippen molar-refractivity contribution in [1.82, 2.24) is 14.5 Å². The van der Waals surface area contributed by atoms with Crippen LogP contribution in [-0.4, -0.2) is 62.8 Å². The van der Waals surface area contributed by atoms with E-state index in [0.717, 1.165) is 25.9 Å². The van der Waals surface area contributed by atoms with Gasteiger partial charge in [0.2, 0.25) is 15.9 Å². The summed E-state index contributed by atoms with van der Waals surface area (Å²) in [6.45, 7) is 3.15. The highest BCUT2D eigenvalue weighted by Gasteiger charge is 2.33. The van der Waals surface area contributed by atoms with Crippen LogP contribution in [0.5, 0.6) is 0 Å². The third-order valence-corrected chi connectivity index (χ3v) is 7.05. The van der Waals surface area contributed by atoms with Crippen molar-refractivity contribution in [2.24, 2.45) is 5.92 Å². The van der Waals surface area contributed by atoms with Gasteiger partial charge in [0.1, 0.15) is 4.90 Å². The summed E-state index contributed by atoms with van der Waals surface area (Å²) >= 11 is 6.03. The first-order chi connectivity index (χ1) is 11.5. The highest BCUT2D eigenvalue weighted by atomic mass is 35.5. The minimum absolute atomic E-state index is 0.0190. The number of amides is 1. The highest BCUT2D eigenvalue weighted by Crippen LogP contribution is 2.25. The maximum absolute atomic E-state index is 12.7. The molecule has 1 aromatic carbocycles. The Morgan fingerprint density at radius 3 is 2.50 bits per heavy atom. The zero-order valence-corrected chi connectivity index (χ0v) is 15.0. The molecule has 8 heteroatoms. The van der Waals surface area contributed by atoms with Crippen molar-refractivity contribution in [2.45, 2.75) is 17.7 Å². The molecule has 0 bridgehead atoms. The number of carbonyl (C=O) groups excluding carboxylic acids is 1. The summed E-state index contributed by atoms with van der Waals surface area (Å²) < 4.78 is 26.8. The molecule has 0 aromatic heterocycles. The van der Waals surface area contributed by atoms with Crippen LogP contribution in [0.3, 0.4) is 0 Å². The van der Waals surface area contributed by atoms with E-state index in [9.17, 15) is 13.2 Å². The summed E-state index contributed by atoms with van der Waals surface area (Å²) in [5, 5.41) is 3.47. The van der Waals surface area contributed by atoms with Gasteiger partial charge in [-0.15, -0.1) is 0 Å². The van der Waals surface area contributed by atoms with Gasteiger partial charge >= 0.3 is 0 Å². The molecule has 1 atom stereocenters. The average molecular weight is 372 g/mol. The van der Waals surface area contributed by atoms with E-state index in [1.54, 1.807) is 23.1 Å². The maximum atomic E-state index is 12.7. The number of rotatable bonds is 3. The van der Waals surface area contributed by atoms with Crippen LogP contribution in [0, 0.1) is 5.92 Å². The van der Waals surface area contributed by atoms with Crippen molar-refractivity contribution in [3.63, 3.8) is 0 Å². The van der Waals surface area contributed by atoms with Crippen LogP contribution in [0.2, 0.25) is 5.02 Å². The summed E-state index contributed by atoms with van der Waals surface area (Å²) in [4.78, 5) is 14.4. The molecule has 1 N–H and O–H groups in total. The number of nitrogens with zero attached hydrogens (tertiary/aromatic N) is 2. The van der Waals surface area contributed by atoms with Crippen LogP contribution >= 0.6 is 11.6 Å². The number of sulfonamides is 1. The Balaban J connectivity index is 1.64. The van der Waals surface area contributed by atoms with E-state index in [1.165, 1.54) is 10.4 Å². The first kappa shape index (κ1) is 17.7. The summed E-state index contributed by atoms with van der Waals surface area (Å²) in [6.07, 6.45) is 1.92. The molecular formula is C16H22ClN3O3S. The topological polar surface area (TPSA) is 69.7 Å². The van der Waals surface area contributed by atoms with Gasteiger partial charge in [0.25, 0.3) is 0 Å². The third-order valence-electron chi connectivity index (χ3n) is 4.65. The smallest absolute Gasteiger partial charge is 0.244 e. The summed E-state index contributed by atoms with van der Waals surface area (Å²) in [5.41, 5.74) is 0. The van der Waals surface area contributed by atoms with Crippen LogP contribution in [0.15, 0.2) is 29.2 Å². The van der Waals surface area contributed by atoms with Crippen molar-refractivity contribution in [3.8, 4) is 0 Å². The van der Waals surface area contributed by atoms with Gasteiger partial charge in [0.05, 0.1) is 10.9 Å². The second kappa shape index (κ2) is 7.39. The molecule has 2 aliphatic heterocycles. The lowest BCUT2D eigenvalue weighted by Crippen LogP contribution is -2.53. The third kappa shape index (κ3) is 3.59. The molecule has 1 amide bonds. The summed E-state index contributed by atoms with van der Waals surface area (Å²) in [6, 6.07) is 6.46. The largest absolute Gasteiger partial charge is 0.340 e. The number of piperazine rings is 1. The highest BCUT2D eigenvalue weighted by molar-refractivity contribution is 7.89. The second-order valence-electron chi connectivity index (χ2n) is 6.20. The van der Waals surface area contributed by atoms with Crippen LogP contribution in [0.1, 0.15) is 12.8 Å². The normalized spacial score (nSPS) is 23.2. The van der Waals surface area contributed by atoms with Crippen LogP contribution in [0.4, 0.5) is 0 Å². The number of halogens is 1. The van der Waals surface area contributed by atoms with Gasteiger partial charge in [-0.3, -0.25) is 4.79 Å². The predicted molar refractivity (Wildman–Crippen MR) is 92.4 cm³/mol. The number of piperidine rings is 1. The average Bonchev–Trinajstić information content (AvgIpc) is 2.62. The maximum Gasteiger partial charge on any atom is 0.244 e. The Kier molecular flexibility index (Phi) is 5.44. The van der Waals surface area contributed by atoms with Gasteiger partial charge in [0.15, 0.2) is 0 Å². The number of carbonyl (C=O) groups is 1. The van der Waals surface area contributed by atoms with E-state index >= 15 is 0 Å². The molecule has 1 aromatic rings. The molecule has 1 unspecified atom stereocenters. The van der Waals surface area contributed by atoms with Crippen molar-refractivity contribution in [3.05, 3.63) is 29.3 Å². The van der Waals surface area contributed by atoms with Gasteiger partial charge in [0, 0.05) is 32.7 Å². The minimum Gasteiger partial charge on any atom is -0.340 e. The van der Waals surface area contributed by atoms with Gasteiger partial charge in [-0.05, 0) is 31.5 Å². The monoisotopic (exact) mass is 371 g/mol. The first-order valence-electron chi connectivity index (χ1n) is 8.24. The Hall–Kier alpha value is -1.15. The van der Waals surface area contributed by atoms with Crippen molar-refractivity contribution in [1.29, 1.82) is 0 Å². The van der Waals surface area contributed by atoms with Gasteiger partial charge < -0.3 is 10.2 Å². The number of hydrogen-bond acceptors (Lipinski definition) is 4. The molecule has 0 aliphatic carbocycles. The molecule has 0 radical (unpaired) electrons. The molecular weight excluding hydrogens is 350 g/mol. The molecule has 0 saturated carbocycles. The summed E-state index contributed by atoms with van der Waals surface area (Å²) in [7, 11) is -3.62. The van der Waals surface area contributed by atoms with Crippen molar-refractivity contribution < 1.29 is 13.2 Å². The van der Waals surface area contributed by atoms with Gasteiger partial charge in [-0.25, -0.2) is 8.42 Å². The Labute approximate surface area is 147 Å². The van der Waals surface area contributed by atoms with Crippen LogP contribution in [0.25, 0.3) is 0 Å². The molecule has 3 rings (SSSR count). The molecule has 2 saturated heterocycles. The lowest BCUT2D eigenvalue weighted by atomic mass is 9.98.